The van der Waals surface area contributed by atoms with Gasteiger partial charge in [0.1, 0.15) is 5.75 Å². The van der Waals surface area contributed by atoms with E-state index in [2.05, 4.69) is 23.3 Å². The third kappa shape index (κ3) is 2.62. The Morgan fingerprint density at radius 2 is 1.86 bits per heavy atom. The van der Waals surface area contributed by atoms with E-state index in [-0.39, 0.29) is 6.04 Å². The van der Waals surface area contributed by atoms with E-state index >= 15 is 0 Å². The first-order valence-electron chi connectivity index (χ1n) is 7.07. The Labute approximate surface area is 124 Å². The minimum absolute atomic E-state index is 0.127. The molecule has 2 N–H and O–H groups in total. The number of ether oxygens (including phenoxy) is 1. The minimum Gasteiger partial charge on any atom is -0.496 e. The summed E-state index contributed by atoms with van der Waals surface area (Å²) in [5, 5.41) is 6.72. The van der Waals surface area contributed by atoms with Gasteiger partial charge in [-0.05, 0) is 18.2 Å². The number of nitrogens with two attached hydrogens (primary N) is 1. The van der Waals surface area contributed by atoms with Crippen LogP contribution >= 0.6 is 0 Å². The molecule has 0 saturated heterocycles. The van der Waals surface area contributed by atoms with E-state index in [1.807, 2.05) is 41.4 Å². The van der Waals surface area contributed by atoms with Crippen LogP contribution in [0, 0.1) is 0 Å². The van der Waals surface area contributed by atoms with Gasteiger partial charge < -0.3 is 10.5 Å². The summed E-state index contributed by atoms with van der Waals surface area (Å²) in [6.07, 6.45) is 0.825. The Balaban J connectivity index is 2.01. The van der Waals surface area contributed by atoms with E-state index in [1.54, 1.807) is 7.11 Å². The van der Waals surface area contributed by atoms with Gasteiger partial charge in [-0.1, -0.05) is 36.4 Å². The molecule has 0 aromatic heterocycles. The molecule has 2 aromatic carbocycles. The molecule has 4 nitrogen and oxygen atoms in total. The van der Waals surface area contributed by atoms with Crippen LogP contribution in [-0.2, 0) is 0 Å². The first-order chi connectivity index (χ1) is 10.3. The second kappa shape index (κ2) is 5.97. The van der Waals surface area contributed by atoms with Gasteiger partial charge in [0.2, 0.25) is 0 Å². The van der Waals surface area contributed by atoms with Gasteiger partial charge in [0.15, 0.2) is 0 Å². The third-order valence-corrected chi connectivity index (χ3v) is 3.73. The molecule has 1 unspecified atom stereocenters. The second-order valence-electron chi connectivity index (χ2n) is 5.01. The van der Waals surface area contributed by atoms with Crippen molar-refractivity contribution in [3.05, 3.63) is 60.2 Å². The SMILES string of the molecule is COc1ccccc1C1CC(CN)=NN1c1ccccc1. The molecule has 108 valence electrons. The van der Waals surface area contributed by atoms with E-state index in [4.69, 9.17) is 10.5 Å². The molecule has 2 aromatic rings. The fraction of sp³-hybridized carbons (Fsp3) is 0.235. The quantitative estimate of drug-likeness (QED) is 0.937. The summed E-state index contributed by atoms with van der Waals surface area (Å²) in [4.78, 5) is 0. The van der Waals surface area contributed by atoms with Crippen molar-refractivity contribution in [2.45, 2.75) is 12.5 Å². The first kappa shape index (κ1) is 13.6. The summed E-state index contributed by atoms with van der Waals surface area (Å²) < 4.78 is 5.50. The van der Waals surface area contributed by atoms with Crippen LogP contribution < -0.4 is 15.5 Å². The number of anilines is 1. The Hall–Kier alpha value is -2.33. The molecule has 0 saturated carbocycles. The molecule has 1 aliphatic heterocycles. The predicted molar refractivity (Wildman–Crippen MR) is 85.8 cm³/mol. The van der Waals surface area contributed by atoms with Gasteiger partial charge >= 0.3 is 0 Å². The summed E-state index contributed by atoms with van der Waals surface area (Å²) in [6, 6.07) is 18.4. The molecule has 0 aliphatic carbocycles. The normalized spacial score (nSPS) is 17.7. The zero-order valence-electron chi connectivity index (χ0n) is 12.1. The van der Waals surface area contributed by atoms with Crippen LogP contribution in [0.25, 0.3) is 0 Å². The predicted octanol–water partition coefficient (Wildman–Crippen LogP) is 2.96. The van der Waals surface area contributed by atoms with Gasteiger partial charge in [-0.25, -0.2) is 0 Å². The number of rotatable bonds is 4. The standard InChI is InChI=1S/C17H19N3O/c1-21-17-10-6-5-9-15(17)16-11-13(12-18)19-20(16)14-7-3-2-4-8-14/h2-10,16H,11-12,18H2,1H3. The zero-order chi connectivity index (χ0) is 14.7. The Morgan fingerprint density at radius 1 is 1.14 bits per heavy atom. The van der Waals surface area contributed by atoms with Gasteiger partial charge in [0, 0.05) is 18.5 Å². The summed E-state index contributed by atoms with van der Waals surface area (Å²) in [5.41, 5.74) is 9.01. The molecule has 3 rings (SSSR count). The van der Waals surface area contributed by atoms with Gasteiger partial charge in [-0.2, -0.15) is 5.10 Å². The summed E-state index contributed by atoms with van der Waals surface area (Å²) in [6.45, 7) is 0.481. The largest absolute Gasteiger partial charge is 0.496 e. The highest BCUT2D eigenvalue weighted by molar-refractivity contribution is 5.90. The maximum atomic E-state index is 5.80. The monoisotopic (exact) mass is 281 g/mol. The van der Waals surface area contributed by atoms with Crippen LogP contribution in [0.4, 0.5) is 5.69 Å². The van der Waals surface area contributed by atoms with E-state index in [0.717, 1.165) is 29.1 Å². The number of benzene rings is 2. The molecular formula is C17H19N3O. The molecule has 21 heavy (non-hydrogen) atoms. The Kier molecular flexibility index (Phi) is 3.88. The second-order valence-corrected chi connectivity index (χ2v) is 5.01. The van der Waals surface area contributed by atoms with Crippen LogP contribution in [0.5, 0.6) is 5.75 Å². The van der Waals surface area contributed by atoms with Crippen LogP contribution in [0.15, 0.2) is 59.7 Å². The number of para-hydroxylation sites is 2. The minimum atomic E-state index is 0.127. The van der Waals surface area contributed by atoms with Gasteiger partial charge in [-0.3, -0.25) is 5.01 Å². The highest BCUT2D eigenvalue weighted by Crippen LogP contribution is 2.38. The number of nitrogens with zero attached hydrogens (tertiary/aromatic N) is 2. The summed E-state index contributed by atoms with van der Waals surface area (Å²) in [5.74, 6) is 0.886. The maximum Gasteiger partial charge on any atom is 0.124 e. The van der Waals surface area contributed by atoms with Gasteiger partial charge in [0.25, 0.3) is 0 Å². The topological polar surface area (TPSA) is 50.9 Å². The van der Waals surface area contributed by atoms with Crippen LogP contribution in [0.2, 0.25) is 0 Å². The molecule has 0 amide bonds. The lowest BCUT2D eigenvalue weighted by Gasteiger charge is -2.25. The van der Waals surface area contributed by atoms with Crippen LogP contribution in [0.3, 0.4) is 0 Å². The van der Waals surface area contributed by atoms with Crippen LogP contribution in [-0.4, -0.2) is 19.4 Å². The van der Waals surface area contributed by atoms with Crippen molar-refractivity contribution < 1.29 is 4.74 Å². The van der Waals surface area contributed by atoms with Crippen molar-refractivity contribution in [2.75, 3.05) is 18.7 Å². The van der Waals surface area contributed by atoms with Crippen molar-refractivity contribution in [3.63, 3.8) is 0 Å². The molecule has 4 heteroatoms. The smallest absolute Gasteiger partial charge is 0.124 e. The lowest BCUT2D eigenvalue weighted by Crippen LogP contribution is -2.19. The van der Waals surface area contributed by atoms with Crippen LogP contribution in [0.1, 0.15) is 18.0 Å². The number of hydrogen-bond donors (Lipinski definition) is 1. The third-order valence-electron chi connectivity index (χ3n) is 3.73. The van der Waals surface area contributed by atoms with Crippen molar-refractivity contribution >= 4 is 11.4 Å². The maximum absolute atomic E-state index is 5.80. The number of hydrazone groups is 1. The molecule has 1 aliphatic rings. The highest BCUT2D eigenvalue weighted by Gasteiger charge is 2.30. The molecular weight excluding hydrogens is 262 g/mol. The van der Waals surface area contributed by atoms with Crippen molar-refractivity contribution in [3.8, 4) is 5.75 Å². The van der Waals surface area contributed by atoms with Gasteiger partial charge in [-0.15, -0.1) is 0 Å². The lowest BCUT2D eigenvalue weighted by atomic mass is 10.0. The van der Waals surface area contributed by atoms with E-state index < -0.39 is 0 Å². The number of hydrogen-bond acceptors (Lipinski definition) is 4. The van der Waals surface area contributed by atoms with E-state index in [0.29, 0.717) is 6.54 Å². The molecule has 0 radical (unpaired) electrons. The average Bonchev–Trinajstić information content (AvgIpc) is 3.00. The first-order valence-corrected chi connectivity index (χ1v) is 7.07. The average molecular weight is 281 g/mol. The fourth-order valence-electron chi connectivity index (χ4n) is 2.70. The van der Waals surface area contributed by atoms with Crippen molar-refractivity contribution in [1.82, 2.24) is 0 Å². The van der Waals surface area contributed by atoms with Gasteiger partial charge in [0.05, 0.1) is 24.6 Å². The Bertz CT molecular complexity index is 639. The zero-order valence-corrected chi connectivity index (χ0v) is 12.1. The van der Waals surface area contributed by atoms with E-state index in [1.165, 1.54) is 0 Å². The Morgan fingerprint density at radius 3 is 2.57 bits per heavy atom. The molecule has 0 spiro atoms. The molecule has 1 atom stereocenters. The van der Waals surface area contributed by atoms with Crippen molar-refractivity contribution in [2.24, 2.45) is 10.8 Å². The summed E-state index contributed by atoms with van der Waals surface area (Å²) in [7, 11) is 1.70. The summed E-state index contributed by atoms with van der Waals surface area (Å²) >= 11 is 0. The molecule has 0 bridgehead atoms. The van der Waals surface area contributed by atoms with E-state index in [9.17, 15) is 0 Å². The number of methoxy groups -OCH3 is 1. The fourth-order valence-corrected chi connectivity index (χ4v) is 2.70. The molecule has 0 fully saturated rings. The van der Waals surface area contributed by atoms with Crippen molar-refractivity contribution in [1.29, 1.82) is 0 Å². The lowest BCUT2D eigenvalue weighted by molar-refractivity contribution is 0.405. The molecule has 1 heterocycles. The highest BCUT2D eigenvalue weighted by atomic mass is 16.5.